The Labute approximate surface area is 108 Å². The van der Waals surface area contributed by atoms with Gasteiger partial charge in [0.25, 0.3) is 0 Å². The molecule has 1 aromatic heterocycles. The van der Waals surface area contributed by atoms with Gasteiger partial charge in [0, 0.05) is 29.4 Å². The van der Waals surface area contributed by atoms with Crippen LogP contribution in [-0.2, 0) is 0 Å². The van der Waals surface area contributed by atoms with Gasteiger partial charge in [0.2, 0.25) is 0 Å². The van der Waals surface area contributed by atoms with Gasteiger partial charge in [-0.1, -0.05) is 18.2 Å². The first-order valence-corrected chi connectivity index (χ1v) is 5.74. The van der Waals surface area contributed by atoms with Crippen molar-refractivity contribution >= 4 is 16.5 Å². The van der Waals surface area contributed by atoms with E-state index in [1.165, 1.54) is 0 Å². The maximum Gasteiger partial charge on any atom is 0.146 e. The average molecular weight is 256 g/mol. The predicted octanol–water partition coefficient (Wildman–Crippen LogP) is 3.76. The van der Waals surface area contributed by atoms with E-state index in [9.17, 15) is 8.78 Å². The second-order valence-corrected chi connectivity index (χ2v) is 4.26. The van der Waals surface area contributed by atoms with Gasteiger partial charge in [-0.25, -0.2) is 8.78 Å². The molecule has 0 radical (unpaired) electrons. The van der Waals surface area contributed by atoms with Crippen LogP contribution in [0.2, 0.25) is 0 Å². The normalized spacial score (nSPS) is 10.8. The monoisotopic (exact) mass is 256 g/mol. The second kappa shape index (κ2) is 4.31. The molecule has 0 amide bonds. The van der Waals surface area contributed by atoms with Crippen LogP contribution in [0.3, 0.4) is 0 Å². The van der Waals surface area contributed by atoms with E-state index in [1.807, 2.05) is 6.07 Å². The number of fused-ring (bicyclic) bond motifs is 1. The summed E-state index contributed by atoms with van der Waals surface area (Å²) in [5.74, 6) is -1.16. The third kappa shape index (κ3) is 1.91. The molecule has 0 unspecified atom stereocenters. The van der Waals surface area contributed by atoms with Gasteiger partial charge in [0.1, 0.15) is 11.6 Å². The van der Waals surface area contributed by atoms with Crippen LogP contribution < -0.4 is 5.73 Å². The summed E-state index contributed by atoms with van der Waals surface area (Å²) in [7, 11) is 0. The molecule has 0 aliphatic carbocycles. The molecule has 3 aromatic rings. The van der Waals surface area contributed by atoms with Gasteiger partial charge < -0.3 is 5.73 Å². The zero-order valence-electron chi connectivity index (χ0n) is 9.90. The van der Waals surface area contributed by atoms with E-state index < -0.39 is 11.6 Å². The van der Waals surface area contributed by atoms with Gasteiger partial charge in [-0.15, -0.1) is 0 Å². The minimum Gasteiger partial charge on any atom is -0.396 e. The van der Waals surface area contributed by atoms with E-state index >= 15 is 0 Å². The van der Waals surface area contributed by atoms with E-state index in [-0.39, 0.29) is 11.3 Å². The van der Waals surface area contributed by atoms with Crippen LogP contribution in [-0.4, -0.2) is 4.98 Å². The van der Waals surface area contributed by atoms with Crippen molar-refractivity contribution in [1.82, 2.24) is 4.98 Å². The standard InChI is InChI=1S/C15H10F2N2/c16-13-7-15(18)14(17)6-12(13)11-3-1-2-9-8-19-5-4-10(9)11/h1-8H,18H2. The van der Waals surface area contributed by atoms with Crippen molar-refractivity contribution in [3.8, 4) is 11.1 Å². The van der Waals surface area contributed by atoms with Crippen molar-refractivity contribution in [1.29, 1.82) is 0 Å². The molecular weight excluding hydrogens is 246 g/mol. The molecule has 0 saturated heterocycles. The fourth-order valence-electron chi connectivity index (χ4n) is 2.13. The number of aromatic nitrogens is 1. The molecule has 2 nitrogen and oxygen atoms in total. The lowest BCUT2D eigenvalue weighted by molar-refractivity contribution is 0.607. The Morgan fingerprint density at radius 2 is 1.79 bits per heavy atom. The molecule has 0 spiro atoms. The number of pyridine rings is 1. The molecule has 94 valence electrons. The molecule has 4 heteroatoms. The van der Waals surface area contributed by atoms with E-state index in [0.29, 0.717) is 5.56 Å². The van der Waals surface area contributed by atoms with Gasteiger partial charge in [-0.2, -0.15) is 0 Å². The first-order valence-electron chi connectivity index (χ1n) is 5.74. The van der Waals surface area contributed by atoms with Crippen LogP contribution in [0.15, 0.2) is 48.8 Å². The largest absolute Gasteiger partial charge is 0.396 e. The molecule has 0 aliphatic rings. The third-order valence-corrected chi connectivity index (χ3v) is 3.06. The molecule has 2 aromatic carbocycles. The summed E-state index contributed by atoms with van der Waals surface area (Å²) >= 11 is 0. The van der Waals surface area contributed by atoms with Gasteiger partial charge >= 0.3 is 0 Å². The Morgan fingerprint density at radius 3 is 2.63 bits per heavy atom. The van der Waals surface area contributed by atoms with Gasteiger partial charge in [0.15, 0.2) is 0 Å². The van der Waals surface area contributed by atoms with E-state index in [4.69, 9.17) is 5.73 Å². The van der Waals surface area contributed by atoms with Crippen molar-refractivity contribution in [2.24, 2.45) is 0 Å². The Bertz CT molecular complexity index is 764. The maximum absolute atomic E-state index is 14.0. The summed E-state index contributed by atoms with van der Waals surface area (Å²) in [5, 5.41) is 1.69. The summed E-state index contributed by atoms with van der Waals surface area (Å²) in [6.45, 7) is 0. The molecule has 3 rings (SSSR count). The number of nitrogen functional groups attached to an aromatic ring is 1. The number of nitrogens with zero attached hydrogens (tertiary/aromatic N) is 1. The number of hydrogen-bond donors (Lipinski definition) is 1. The Kier molecular flexibility index (Phi) is 2.63. The van der Waals surface area contributed by atoms with Crippen molar-refractivity contribution in [3.63, 3.8) is 0 Å². The molecular formula is C15H10F2N2. The van der Waals surface area contributed by atoms with Crippen LogP contribution in [0.25, 0.3) is 21.9 Å². The van der Waals surface area contributed by atoms with Crippen LogP contribution in [0.1, 0.15) is 0 Å². The number of benzene rings is 2. The van der Waals surface area contributed by atoms with E-state index in [2.05, 4.69) is 4.98 Å². The number of rotatable bonds is 1. The number of halogens is 2. The van der Waals surface area contributed by atoms with Crippen LogP contribution >= 0.6 is 0 Å². The quantitative estimate of drug-likeness (QED) is 0.673. The van der Waals surface area contributed by atoms with Crippen LogP contribution in [0.4, 0.5) is 14.5 Å². The highest BCUT2D eigenvalue weighted by atomic mass is 19.1. The SMILES string of the molecule is Nc1cc(F)c(-c2cccc3cnccc23)cc1F. The topological polar surface area (TPSA) is 38.9 Å². The minimum absolute atomic E-state index is 0.192. The summed E-state index contributed by atoms with van der Waals surface area (Å²) in [6.07, 6.45) is 3.31. The van der Waals surface area contributed by atoms with Crippen molar-refractivity contribution in [3.05, 3.63) is 60.4 Å². The number of nitrogens with two attached hydrogens (primary N) is 1. The van der Waals surface area contributed by atoms with Crippen molar-refractivity contribution < 1.29 is 8.78 Å². The van der Waals surface area contributed by atoms with E-state index in [0.717, 1.165) is 22.9 Å². The smallest absolute Gasteiger partial charge is 0.146 e. The maximum atomic E-state index is 14.0. The van der Waals surface area contributed by atoms with Crippen LogP contribution in [0, 0.1) is 11.6 Å². The van der Waals surface area contributed by atoms with Crippen molar-refractivity contribution in [2.45, 2.75) is 0 Å². The fraction of sp³-hybridized carbons (Fsp3) is 0. The molecule has 0 aliphatic heterocycles. The predicted molar refractivity (Wildman–Crippen MR) is 71.5 cm³/mol. The fourth-order valence-corrected chi connectivity index (χ4v) is 2.13. The number of anilines is 1. The zero-order chi connectivity index (χ0) is 13.4. The molecule has 2 N–H and O–H groups in total. The Morgan fingerprint density at radius 1 is 0.947 bits per heavy atom. The summed E-state index contributed by atoms with van der Waals surface area (Å²) in [5.41, 5.74) is 5.98. The van der Waals surface area contributed by atoms with Gasteiger partial charge in [0.05, 0.1) is 5.69 Å². The van der Waals surface area contributed by atoms with Gasteiger partial charge in [-0.3, -0.25) is 4.98 Å². The third-order valence-electron chi connectivity index (χ3n) is 3.06. The van der Waals surface area contributed by atoms with Crippen LogP contribution in [0.5, 0.6) is 0 Å². The number of hydrogen-bond acceptors (Lipinski definition) is 2. The molecule has 0 fully saturated rings. The highest BCUT2D eigenvalue weighted by Crippen LogP contribution is 2.31. The molecule has 0 saturated carbocycles. The zero-order valence-corrected chi connectivity index (χ0v) is 9.90. The lowest BCUT2D eigenvalue weighted by Gasteiger charge is -2.09. The second-order valence-electron chi connectivity index (χ2n) is 4.26. The highest BCUT2D eigenvalue weighted by molar-refractivity contribution is 5.96. The van der Waals surface area contributed by atoms with E-state index in [1.54, 1.807) is 30.6 Å². The highest BCUT2D eigenvalue weighted by Gasteiger charge is 2.12. The average Bonchev–Trinajstić information content (AvgIpc) is 2.42. The summed E-state index contributed by atoms with van der Waals surface area (Å²) in [6, 6.07) is 9.31. The molecule has 0 bridgehead atoms. The summed E-state index contributed by atoms with van der Waals surface area (Å²) < 4.78 is 27.5. The first-order chi connectivity index (χ1) is 9.16. The van der Waals surface area contributed by atoms with Crippen molar-refractivity contribution in [2.75, 3.05) is 5.73 Å². The molecule has 1 heterocycles. The molecule has 0 atom stereocenters. The Hall–Kier alpha value is -2.49. The first kappa shape index (κ1) is 11.6. The van der Waals surface area contributed by atoms with Gasteiger partial charge in [-0.05, 0) is 23.1 Å². The molecule has 19 heavy (non-hydrogen) atoms. The Balaban J connectivity index is 2.33. The lowest BCUT2D eigenvalue weighted by Crippen LogP contribution is -1.95. The summed E-state index contributed by atoms with van der Waals surface area (Å²) in [4.78, 5) is 4.01. The minimum atomic E-state index is -0.623. The lowest BCUT2D eigenvalue weighted by atomic mass is 9.98.